The van der Waals surface area contributed by atoms with Crippen molar-refractivity contribution >= 4 is 23.6 Å². The normalized spacial score (nSPS) is 19.0. The highest BCUT2D eigenvalue weighted by molar-refractivity contribution is 7.80. The molecule has 0 bridgehead atoms. The molecule has 3 heteroatoms. The third-order valence-corrected chi connectivity index (χ3v) is 3.72. The van der Waals surface area contributed by atoms with Crippen molar-refractivity contribution in [1.29, 1.82) is 0 Å². The zero-order valence-corrected chi connectivity index (χ0v) is 9.17. The van der Waals surface area contributed by atoms with Gasteiger partial charge in [-0.2, -0.15) is 12.6 Å². The van der Waals surface area contributed by atoms with Crippen LogP contribution in [0.4, 0.5) is 0 Å². The predicted molar refractivity (Wildman–Crippen MR) is 62.6 cm³/mol. The number of rotatable bonds is 2. The van der Waals surface area contributed by atoms with Gasteiger partial charge < -0.3 is 9.15 Å². The number of para-hydroxylation sites is 1. The van der Waals surface area contributed by atoms with Gasteiger partial charge in [-0.1, -0.05) is 18.2 Å². The van der Waals surface area contributed by atoms with Crippen LogP contribution in [0, 0.1) is 0 Å². The molecule has 0 saturated carbocycles. The number of benzene rings is 1. The van der Waals surface area contributed by atoms with Crippen molar-refractivity contribution in [2.75, 3.05) is 19.0 Å². The van der Waals surface area contributed by atoms with Crippen LogP contribution in [0.3, 0.4) is 0 Å². The number of furan rings is 1. The lowest BCUT2D eigenvalue weighted by atomic mass is 9.80. The Bertz CT molecular complexity index is 480. The van der Waals surface area contributed by atoms with E-state index in [0.29, 0.717) is 0 Å². The van der Waals surface area contributed by atoms with Crippen molar-refractivity contribution in [3.8, 4) is 0 Å². The maximum atomic E-state index is 5.54. The van der Waals surface area contributed by atoms with Crippen molar-refractivity contribution in [1.82, 2.24) is 0 Å². The van der Waals surface area contributed by atoms with Gasteiger partial charge in [0.15, 0.2) is 0 Å². The van der Waals surface area contributed by atoms with Crippen LogP contribution in [0.5, 0.6) is 0 Å². The summed E-state index contributed by atoms with van der Waals surface area (Å²) in [6.07, 6.45) is 1.85. The van der Waals surface area contributed by atoms with Crippen LogP contribution in [0.1, 0.15) is 5.56 Å². The highest BCUT2D eigenvalue weighted by Gasteiger charge is 2.41. The molecule has 0 aliphatic carbocycles. The number of fused-ring (bicyclic) bond motifs is 1. The Morgan fingerprint density at radius 3 is 2.73 bits per heavy atom. The first kappa shape index (κ1) is 9.31. The topological polar surface area (TPSA) is 22.4 Å². The minimum Gasteiger partial charge on any atom is -0.464 e. The van der Waals surface area contributed by atoms with Crippen LogP contribution in [0.25, 0.3) is 11.0 Å². The smallest absolute Gasteiger partial charge is 0.134 e. The molecule has 15 heavy (non-hydrogen) atoms. The highest BCUT2D eigenvalue weighted by Crippen LogP contribution is 2.38. The summed E-state index contributed by atoms with van der Waals surface area (Å²) >= 11 is 4.42. The van der Waals surface area contributed by atoms with E-state index >= 15 is 0 Å². The van der Waals surface area contributed by atoms with Crippen LogP contribution in [-0.4, -0.2) is 19.0 Å². The number of thiol groups is 1. The predicted octanol–water partition coefficient (Wildman–Crippen LogP) is 2.63. The summed E-state index contributed by atoms with van der Waals surface area (Å²) < 4.78 is 10.9. The highest BCUT2D eigenvalue weighted by atomic mass is 32.1. The second-order valence-electron chi connectivity index (χ2n) is 4.08. The first-order chi connectivity index (χ1) is 7.36. The summed E-state index contributed by atoms with van der Waals surface area (Å²) in [5.74, 6) is 0.802. The van der Waals surface area contributed by atoms with Gasteiger partial charge in [-0.25, -0.2) is 0 Å². The minimum atomic E-state index is 0.0652. The molecule has 78 valence electrons. The van der Waals surface area contributed by atoms with Crippen LogP contribution in [0.15, 0.2) is 34.9 Å². The van der Waals surface area contributed by atoms with Gasteiger partial charge in [0.2, 0.25) is 0 Å². The number of hydrogen-bond donors (Lipinski definition) is 1. The second kappa shape index (κ2) is 3.29. The van der Waals surface area contributed by atoms with E-state index in [1.807, 2.05) is 24.5 Å². The van der Waals surface area contributed by atoms with Gasteiger partial charge >= 0.3 is 0 Å². The van der Waals surface area contributed by atoms with E-state index in [0.717, 1.165) is 24.5 Å². The SMILES string of the molecule is SCC1(c2coc3ccccc23)COC1. The largest absolute Gasteiger partial charge is 0.464 e. The molecule has 0 radical (unpaired) electrons. The summed E-state index contributed by atoms with van der Waals surface area (Å²) in [6, 6.07) is 8.11. The molecule has 3 rings (SSSR count). The maximum absolute atomic E-state index is 5.54. The molecule has 1 fully saturated rings. The number of ether oxygens (including phenoxy) is 1. The van der Waals surface area contributed by atoms with E-state index in [2.05, 4.69) is 18.7 Å². The van der Waals surface area contributed by atoms with Gasteiger partial charge in [0.05, 0.1) is 24.9 Å². The average Bonchev–Trinajstić information content (AvgIpc) is 2.62. The van der Waals surface area contributed by atoms with E-state index < -0.39 is 0 Å². The zero-order chi connectivity index (χ0) is 10.3. The lowest BCUT2D eigenvalue weighted by Gasteiger charge is -2.39. The molecule has 1 aliphatic rings. The van der Waals surface area contributed by atoms with Crippen LogP contribution < -0.4 is 0 Å². The fraction of sp³-hybridized carbons (Fsp3) is 0.333. The molecule has 0 atom stereocenters. The molecule has 2 heterocycles. The lowest BCUT2D eigenvalue weighted by molar-refractivity contribution is -0.0467. The summed E-state index contributed by atoms with van der Waals surface area (Å²) in [7, 11) is 0. The Balaban J connectivity index is 2.18. The molecule has 1 aromatic carbocycles. The van der Waals surface area contributed by atoms with Gasteiger partial charge in [-0.05, 0) is 6.07 Å². The van der Waals surface area contributed by atoms with Crippen LogP contribution >= 0.6 is 12.6 Å². The van der Waals surface area contributed by atoms with Gasteiger partial charge in [-0.3, -0.25) is 0 Å². The van der Waals surface area contributed by atoms with E-state index in [1.165, 1.54) is 10.9 Å². The third kappa shape index (κ3) is 1.23. The van der Waals surface area contributed by atoms with Crippen molar-refractivity contribution in [2.45, 2.75) is 5.41 Å². The Labute approximate surface area is 93.6 Å². The van der Waals surface area contributed by atoms with Gasteiger partial charge in [0.25, 0.3) is 0 Å². The minimum absolute atomic E-state index is 0.0652. The fourth-order valence-corrected chi connectivity index (χ4v) is 2.42. The first-order valence-corrected chi connectivity index (χ1v) is 5.64. The van der Waals surface area contributed by atoms with Crippen molar-refractivity contribution in [3.05, 3.63) is 36.1 Å². The van der Waals surface area contributed by atoms with Crippen LogP contribution in [0.2, 0.25) is 0 Å². The molecular formula is C12H12O2S. The molecular weight excluding hydrogens is 208 g/mol. The summed E-state index contributed by atoms with van der Waals surface area (Å²) in [4.78, 5) is 0. The molecule has 2 aromatic rings. The number of hydrogen-bond acceptors (Lipinski definition) is 3. The lowest BCUT2D eigenvalue weighted by Crippen LogP contribution is -2.48. The third-order valence-electron chi connectivity index (χ3n) is 3.11. The fourth-order valence-electron chi connectivity index (χ4n) is 2.07. The molecule has 0 spiro atoms. The molecule has 1 aromatic heterocycles. The van der Waals surface area contributed by atoms with E-state index in [4.69, 9.17) is 9.15 Å². The Kier molecular flexibility index (Phi) is 2.04. The zero-order valence-electron chi connectivity index (χ0n) is 8.27. The Morgan fingerprint density at radius 2 is 2.07 bits per heavy atom. The summed E-state index contributed by atoms with van der Waals surface area (Å²) in [5.41, 5.74) is 2.25. The molecule has 0 unspecified atom stereocenters. The first-order valence-electron chi connectivity index (χ1n) is 5.01. The monoisotopic (exact) mass is 220 g/mol. The van der Waals surface area contributed by atoms with E-state index in [9.17, 15) is 0 Å². The van der Waals surface area contributed by atoms with E-state index in [1.54, 1.807) is 0 Å². The maximum Gasteiger partial charge on any atom is 0.134 e. The quantitative estimate of drug-likeness (QED) is 0.786. The Hall–Kier alpha value is -0.930. The van der Waals surface area contributed by atoms with E-state index in [-0.39, 0.29) is 5.41 Å². The van der Waals surface area contributed by atoms with Gasteiger partial charge in [0.1, 0.15) is 5.58 Å². The van der Waals surface area contributed by atoms with Gasteiger partial charge in [-0.15, -0.1) is 0 Å². The second-order valence-corrected chi connectivity index (χ2v) is 4.39. The van der Waals surface area contributed by atoms with Crippen molar-refractivity contribution in [2.24, 2.45) is 0 Å². The van der Waals surface area contributed by atoms with Crippen LogP contribution in [-0.2, 0) is 10.2 Å². The molecule has 1 aliphatic heterocycles. The summed E-state index contributed by atoms with van der Waals surface area (Å²) in [6.45, 7) is 1.50. The van der Waals surface area contributed by atoms with Gasteiger partial charge in [0, 0.05) is 16.7 Å². The standard InChI is InChI=1S/C12H12O2S/c15-8-12(6-13-7-12)10-5-14-11-4-2-1-3-9(10)11/h1-5,15H,6-8H2. The molecule has 0 N–H and O–H groups in total. The average molecular weight is 220 g/mol. The van der Waals surface area contributed by atoms with Crippen molar-refractivity contribution < 1.29 is 9.15 Å². The molecule has 2 nitrogen and oxygen atoms in total. The Morgan fingerprint density at radius 1 is 1.27 bits per heavy atom. The molecule has 1 saturated heterocycles. The van der Waals surface area contributed by atoms with Crippen molar-refractivity contribution in [3.63, 3.8) is 0 Å². The summed E-state index contributed by atoms with van der Waals surface area (Å²) in [5, 5.41) is 1.19. The molecule has 0 amide bonds.